The van der Waals surface area contributed by atoms with Gasteiger partial charge in [0, 0.05) is 35.4 Å². The molecule has 0 radical (unpaired) electrons. The zero-order chi connectivity index (χ0) is 16.9. The minimum absolute atomic E-state index is 0.177. The van der Waals surface area contributed by atoms with Crippen LogP contribution in [0.3, 0.4) is 0 Å². The van der Waals surface area contributed by atoms with E-state index in [1.807, 2.05) is 67.2 Å². The van der Waals surface area contributed by atoms with Crippen molar-refractivity contribution < 1.29 is 4.79 Å². The Morgan fingerprint density at radius 2 is 2.04 bits per heavy atom. The molecule has 2 aromatic carbocycles. The summed E-state index contributed by atoms with van der Waals surface area (Å²) in [5.74, 6) is -0.187. The van der Waals surface area contributed by atoms with Crippen molar-refractivity contribution in [3.05, 3.63) is 65.9 Å². The number of fused-ring (bicyclic) bond motifs is 1. The van der Waals surface area contributed by atoms with Crippen LogP contribution in [0.15, 0.2) is 59.8 Å². The number of para-hydroxylation sites is 1. The Balaban J connectivity index is 1.58. The Kier molecular flexibility index (Phi) is 4.61. The maximum atomic E-state index is 11.9. The number of aryl methyl sites for hydroxylation is 2. The molecule has 2 N–H and O–H groups in total. The molecule has 1 heterocycles. The molecule has 0 atom stereocenters. The van der Waals surface area contributed by atoms with Gasteiger partial charge in [-0.15, -0.1) is 0 Å². The molecule has 1 amide bonds. The van der Waals surface area contributed by atoms with Gasteiger partial charge in [0.1, 0.15) is 0 Å². The normalized spacial score (nSPS) is 11.1. The molecule has 0 saturated carbocycles. The van der Waals surface area contributed by atoms with Gasteiger partial charge in [0.05, 0.1) is 12.8 Å². The third-order valence-corrected chi connectivity index (χ3v) is 3.79. The van der Waals surface area contributed by atoms with Gasteiger partial charge in [-0.05, 0) is 30.7 Å². The van der Waals surface area contributed by atoms with Gasteiger partial charge < -0.3 is 9.88 Å². The van der Waals surface area contributed by atoms with E-state index >= 15 is 0 Å². The zero-order valence-electron chi connectivity index (χ0n) is 13.8. The Morgan fingerprint density at radius 1 is 1.21 bits per heavy atom. The van der Waals surface area contributed by atoms with Crippen molar-refractivity contribution in [1.82, 2.24) is 9.99 Å². The van der Waals surface area contributed by atoms with Gasteiger partial charge in [0.2, 0.25) is 0 Å². The van der Waals surface area contributed by atoms with Crippen LogP contribution < -0.4 is 10.7 Å². The molecular formula is C19H20N4O. The first kappa shape index (κ1) is 15.8. The summed E-state index contributed by atoms with van der Waals surface area (Å²) in [6, 6.07) is 16.0. The van der Waals surface area contributed by atoms with Crippen LogP contribution in [0, 0.1) is 6.92 Å². The van der Waals surface area contributed by atoms with E-state index in [0.29, 0.717) is 0 Å². The largest absolute Gasteiger partial charge is 0.376 e. The lowest BCUT2D eigenvalue weighted by molar-refractivity contribution is -0.119. The number of rotatable bonds is 5. The topological polar surface area (TPSA) is 58.4 Å². The number of hydrazone groups is 1. The third kappa shape index (κ3) is 3.63. The number of benzene rings is 2. The lowest BCUT2D eigenvalue weighted by Gasteiger charge is -2.05. The van der Waals surface area contributed by atoms with Gasteiger partial charge in [-0.1, -0.05) is 30.3 Å². The van der Waals surface area contributed by atoms with Gasteiger partial charge in [-0.3, -0.25) is 4.79 Å². The summed E-state index contributed by atoms with van der Waals surface area (Å²) in [5.41, 5.74) is 6.72. The van der Waals surface area contributed by atoms with Crippen molar-refractivity contribution in [3.63, 3.8) is 0 Å². The summed E-state index contributed by atoms with van der Waals surface area (Å²) >= 11 is 0. The molecule has 0 spiro atoms. The molecule has 5 heteroatoms. The summed E-state index contributed by atoms with van der Waals surface area (Å²) in [6.07, 6.45) is 3.66. The predicted octanol–water partition coefficient (Wildman–Crippen LogP) is 3.05. The lowest BCUT2D eigenvalue weighted by Crippen LogP contribution is -2.25. The third-order valence-electron chi connectivity index (χ3n) is 3.79. The average molecular weight is 320 g/mol. The number of hydrogen-bond acceptors (Lipinski definition) is 3. The van der Waals surface area contributed by atoms with Crippen molar-refractivity contribution >= 4 is 28.7 Å². The second-order valence-electron chi connectivity index (χ2n) is 5.73. The number of hydrogen-bond donors (Lipinski definition) is 2. The summed E-state index contributed by atoms with van der Waals surface area (Å²) in [6.45, 7) is 2.19. The molecular weight excluding hydrogens is 300 g/mol. The van der Waals surface area contributed by atoms with Gasteiger partial charge in [-0.2, -0.15) is 5.10 Å². The van der Waals surface area contributed by atoms with Crippen LogP contribution >= 0.6 is 0 Å². The predicted molar refractivity (Wildman–Crippen MR) is 98.3 cm³/mol. The Hall–Kier alpha value is -3.08. The first-order chi connectivity index (χ1) is 11.6. The highest BCUT2D eigenvalue weighted by molar-refractivity contribution is 5.99. The number of carbonyl (C=O) groups excluding carboxylic acids is 1. The fraction of sp³-hybridized carbons (Fsp3) is 0.158. The standard InChI is InChI=1S/C19H20N4O/c1-14-6-5-7-16(10-14)20-12-19(24)22-21-11-15-13-23(2)18-9-4-3-8-17(15)18/h3-11,13,20H,12H2,1-2H3,(H,22,24)/b21-11+. The molecule has 0 aliphatic heterocycles. The van der Waals surface area contributed by atoms with E-state index in [0.717, 1.165) is 27.7 Å². The van der Waals surface area contributed by atoms with E-state index < -0.39 is 0 Å². The number of nitrogens with zero attached hydrogens (tertiary/aromatic N) is 2. The lowest BCUT2D eigenvalue weighted by atomic mass is 10.2. The van der Waals surface area contributed by atoms with Crippen molar-refractivity contribution in [2.24, 2.45) is 12.1 Å². The summed E-state index contributed by atoms with van der Waals surface area (Å²) in [5, 5.41) is 8.24. The van der Waals surface area contributed by atoms with Crippen LogP contribution in [0.4, 0.5) is 5.69 Å². The Bertz CT molecular complexity index is 895. The maximum absolute atomic E-state index is 11.9. The average Bonchev–Trinajstić information content (AvgIpc) is 2.90. The summed E-state index contributed by atoms with van der Waals surface area (Å²) in [7, 11) is 1.99. The van der Waals surface area contributed by atoms with Gasteiger partial charge in [0.15, 0.2) is 0 Å². The molecule has 3 aromatic rings. The van der Waals surface area contributed by atoms with Crippen LogP contribution in [0.1, 0.15) is 11.1 Å². The molecule has 122 valence electrons. The molecule has 0 unspecified atom stereocenters. The number of aromatic nitrogens is 1. The van der Waals surface area contributed by atoms with Crippen molar-refractivity contribution in [3.8, 4) is 0 Å². The highest BCUT2D eigenvalue weighted by Crippen LogP contribution is 2.18. The van der Waals surface area contributed by atoms with Gasteiger partial charge in [-0.25, -0.2) is 5.43 Å². The fourth-order valence-corrected chi connectivity index (χ4v) is 2.63. The van der Waals surface area contributed by atoms with Crippen LogP contribution in [-0.2, 0) is 11.8 Å². The molecule has 0 saturated heterocycles. The molecule has 3 rings (SSSR count). The summed E-state index contributed by atoms with van der Waals surface area (Å²) < 4.78 is 2.04. The summed E-state index contributed by atoms with van der Waals surface area (Å²) in [4.78, 5) is 11.9. The van der Waals surface area contributed by atoms with Gasteiger partial charge >= 0.3 is 0 Å². The van der Waals surface area contributed by atoms with E-state index in [2.05, 4.69) is 21.9 Å². The Morgan fingerprint density at radius 3 is 2.88 bits per heavy atom. The number of amides is 1. The van der Waals surface area contributed by atoms with E-state index in [1.54, 1.807) is 6.21 Å². The number of anilines is 1. The molecule has 0 aliphatic rings. The zero-order valence-corrected chi connectivity index (χ0v) is 13.8. The maximum Gasteiger partial charge on any atom is 0.259 e. The highest BCUT2D eigenvalue weighted by Gasteiger charge is 2.04. The van der Waals surface area contributed by atoms with Crippen LogP contribution in [0.5, 0.6) is 0 Å². The van der Waals surface area contributed by atoms with Crippen molar-refractivity contribution in [2.75, 3.05) is 11.9 Å². The molecule has 0 fully saturated rings. The quantitative estimate of drug-likeness (QED) is 0.561. The smallest absolute Gasteiger partial charge is 0.259 e. The highest BCUT2D eigenvalue weighted by atomic mass is 16.2. The molecule has 0 bridgehead atoms. The minimum Gasteiger partial charge on any atom is -0.376 e. The van der Waals surface area contributed by atoms with Crippen molar-refractivity contribution in [1.29, 1.82) is 0 Å². The fourth-order valence-electron chi connectivity index (χ4n) is 2.63. The van der Waals surface area contributed by atoms with Crippen molar-refractivity contribution in [2.45, 2.75) is 6.92 Å². The first-order valence-corrected chi connectivity index (χ1v) is 7.80. The minimum atomic E-state index is -0.187. The SMILES string of the molecule is Cc1cccc(NCC(=O)N/N=C/c2cn(C)c3ccccc23)c1. The van der Waals surface area contributed by atoms with E-state index in [4.69, 9.17) is 0 Å². The van der Waals surface area contributed by atoms with Crippen LogP contribution in [0.25, 0.3) is 10.9 Å². The number of nitrogens with one attached hydrogen (secondary N) is 2. The molecule has 24 heavy (non-hydrogen) atoms. The number of carbonyl (C=O) groups is 1. The molecule has 5 nitrogen and oxygen atoms in total. The molecule has 1 aromatic heterocycles. The van der Waals surface area contributed by atoms with E-state index in [1.165, 1.54) is 0 Å². The van der Waals surface area contributed by atoms with Crippen LogP contribution in [-0.4, -0.2) is 23.2 Å². The van der Waals surface area contributed by atoms with Gasteiger partial charge in [0.25, 0.3) is 5.91 Å². The first-order valence-electron chi connectivity index (χ1n) is 7.80. The second-order valence-corrected chi connectivity index (χ2v) is 5.73. The van der Waals surface area contributed by atoms with Crippen LogP contribution in [0.2, 0.25) is 0 Å². The second kappa shape index (κ2) is 7.00. The van der Waals surface area contributed by atoms with E-state index in [-0.39, 0.29) is 12.5 Å². The van der Waals surface area contributed by atoms with E-state index in [9.17, 15) is 4.79 Å². The Labute approximate surface area is 141 Å². The molecule has 0 aliphatic carbocycles. The monoisotopic (exact) mass is 320 g/mol.